The Morgan fingerprint density at radius 3 is 2.16 bits per heavy atom. The zero-order chi connectivity index (χ0) is 13.9. The van der Waals surface area contributed by atoms with Gasteiger partial charge in [-0.1, -0.05) is 46.3 Å². The smallest absolute Gasteiger partial charge is 0.180 e. The summed E-state index contributed by atoms with van der Waals surface area (Å²) in [5, 5.41) is -0.546. The van der Waals surface area contributed by atoms with Crippen LogP contribution < -0.4 is 0 Å². The Kier molecular flexibility index (Phi) is 4.66. The minimum Gasteiger partial charge on any atom is -0.224 e. The third kappa shape index (κ3) is 3.81. The third-order valence-corrected chi connectivity index (χ3v) is 5.58. The molecule has 0 radical (unpaired) electrons. The second-order valence-electron chi connectivity index (χ2n) is 4.11. The van der Waals surface area contributed by atoms with Gasteiger partial charge in [-0.15, -0.1) is 11.6 Å². The summed E-state index contributed by atoms with van der Waals surface area (Å²) in [5.41, 5.74) is 0.810. The molecule has 0 unspecified atom stereocenters. The van der Waals surface area contributed by atoms with E-state index < -0.39 is 15.2 Å². The molecule has 19 heavy (non-hydrogen) atoms. The molecule has 0 saturated carbocycles. The molecule has 2 aromatic rings. The van der Waals surface area contributed by atoms with Gasteiger partial charge in [-0.2, -0.15) is 0 Å². The number of hydrogen-bond acceptors (Lipinski definition) is 2. The number of hydrogen-bond donors (Lipinski definition) is 0. The van der Waals surface area contributed by atoms with Gasteiger partial charge in [0, 0.05) is 4.47 Å². The Bertz CT molecular complexity index is 639. The van der Waals surface area contributed by atoms with Crippen molar-refractivity contribution >= 4 is 37.4 Å². The second kappa shape index (κ2) is 6.07. The first kappa shape index (κ1) is 14.6. The van der Waals surface area contributed by atoms with Crippen molar-refractivity contribution in [3.63, 3.8) is 0 Å². The lowest BCUT2D eigenvalue weighted by molar-refractivity contribution is 0.594. The van der Waals surface area contributed by atoms with Crippen LogP contribution in [0.2, 0.25) is 0 Å². The van der Waals surface area contributed by atoms with E-state index in [1.54, 1.807) is 24.3 Å². The molecule has 2 aromatic carbocycles. The highest BCUT2D eigenvalue weighted by Gasteiger charge is 2.20. The number of benzene rings is 2. The average molecular weight is 360 g/mol. The molecule has 0 amide bonds. The standard InChI is InChI=1S/C14H12BrClO2S/c15-12-6-8-13(9-7-12)19(17,18)10-14(16)11-4-2-1-3-5-11/h1-9,14H,10H2/t14-/m1/s1. The van der Waals surface area contributed by atoms with Gasteiger partial charge in [-0.05, 0) is 29.8 Å². The van der Waals surface area contributed by atoms with Crippen LogP contribution in [0.25, 0.3) is 0 Å². The zero-order valence-corrected chi connectivity index (χ0v) is 13.1. The molecule has 5 heteroatoms. The summed E-state index contributed by atoms with van der Waals surface area (Å²) in [5.74, 6) is -0.111. The van der Waals surface area contributed by atoms with Gasteiger partial charge in [0.1, 0.15) is 0 Å². The van der Waals surface area contributed by atoms with Crippen molar-refractivity contribution in [1.29, 1.82) is 0 Å². The van der Waals surface area contributed by atoms with Gasteiger partial charge in [0.15, 0.2) is 9.84 Å². The summed E-state index contributed by atoms with van der Waals surface area (Å²) in [6.07, 6.45) is 0. The lowest BCUT2D eigenvalue weighted by Gasteiger charge is -2.10. The van der Waals surface area contributed by atoms with Gasteiger partial charge >= 0.3 is 0 Å². The molecule has 0 saturated heterocycles. The maximum absolute atomic E-state index is 12.2. The molecule has 2 nitrogen and oxygen atoms in total. The molecule has 0 aliphatic rings. The van der Waals surface area contributed by atoms with Crippen LogP contribution in [-0.4, -0.2) is 14.2 Å². The predicted octanol–water partition coefficient (Wildman–Crippen LogP) is 4.20. The van der Waals surface area contributed by atoms with Gasteiger partial charge in [0.25, 0.3) is 0 Å². The van der Waals surface area contributed by atoms with Crippen LogP contribution in [0.4, 0.5) is 0 Å². The number of rotatable bonds is 4. The molecule has 0 spiro atoms. The van der Waals surface area contributed by atoms with Crippen molar-refractivity contribution in [1.82, 2.24) is 0 Å². The lowest BCUT2D eigenvalue weighted by Crippen LogP contribution is -2.11. The normalized spacial score (nSPS) is 13.2. The monoisotopic (exact) mass is 358 g/mol. The van der Waals surface area contributed by atoms with E-state index in [1.165, 1.54) is 0 Å². The van der Waals surface area contributed by atoms with Gasteiger partial charge in [0.05, 0.1) is 16.0 Å². The Balaban J connectivity index is 2.20. The van der Waals surface area contributed by atoms with E-state index in [4.69, 9.17) is 11.6 Å². The van der Waals surface area contributed by atoms with Crippen LogP contribution in [-0.2, 0) is 9.84 Å². The predicted molar refractivity (Wildman–Crippen MR) is 81.2 cm³/mol. The number of sulfone groups is 1. The Morgan fingerprint density at radius 1 is 1.00 bits per heavy atom. The zero-order valence-electron chi connectivity index (χ0n) is 9.96. The molecule has 0 aromatic heterocycles. The summed E-state index contributed by atoms with van der Waals surface area (Å²) < 4.78 is 25.3. The van der Waals surface area contributed by atoms with Gasteiger partial charge in [-0.25, -0.2) is 8.42 Å². The van der Waals surface area contributed by atoms with Crippen LogP contribution in [0.1, 0.15) is 10.9 Å². The quantitative estimate of drug-likeness (QED) is 0.767. The maximum Gasteiger partial charge on any atom is 0.180 e. The first-order chi connectivity index (χ1) is 8.99. The van der Waals surface area contributed by atoms with E-state index >= 15 is 0 Å². The molecular formula is C14H12BrClO2S. The molecule has 100 valence electrons. The highest BCUT2D eigenvalue weighted by Crippen LogP contribution is 2.25. The number of alkyl halides is 1. The topological polar surface area (TPSA) is 34.1 Å². The Morgan fingerprint density at radius 2 is 1.58 bits per heavy atom. The maximum atomic E-state index is 12.2. The fourth-order valence-corrected chi connectivity index (χ4v) is 3.92. The fraction of sp³-hybridized carbons (Fsp3) is 0.143. The van der Waals surface area contributed by atoms with Gasteiger partial charge < -0.3 is 0 Å². The van der Waals surface area contributed by atoms with E-state index in [0.29, 0.717) is 0 Å². The molecular weight excluding hydrogens is 348 g/mol. The average Bonchev–Trinajstić information content (AvgIpc) is 2.40. The van der Waals surface area contributed by atoms with Crippen LogP contribution in [0, 0.1) is 0 Å². The number of halogens is 2. The molecule has 0 heterocycles. The van der Waals surface area contributed by atoms with Crippen LogP contribution in [0.15, 0.2) is 64.0 Å². The minimum atomic E-state index is -3.38. The molecule has 0 bridgehead atoms. The van der Waals surface area contributed by atoms with Gasteiger partial charge in [0.2, 0.25) is 0 Å². The first-order valence-corrected chi connectivity index (χ1v) is 8.54. The van der Waals surface area contributed by atoms with E-state index in [2.05, 4.69) is 15.9 Å². The summed E-state index contributed by atoms with van der Waals surface area (Å²) in [4.78, 5) is 0.289. The van der Waals surface area contributed by atoms with E-state index in [0.717, 1.165) is 10.0 Å². The largest absolute Gasteiger partial charge is 0.224 e. The van der Waals surface area contributed by atoms with E-state index in [1.807, 2.05) is 30.3 Å². The molecule has 0 fully saturated rings. The van der Waals surface area contributed by atoms with E-state index in [-0.39, 0.29) is 10.6 Å². The first-order valence-electron chi connectivity index (χ1n) is 5.66. The Hall–Kier alpha value is -0.840. The van der Waals surface area contributed by atoms with Crippen molar-refractivity contribution < 1.29 is 8.42 Å². The molecule has 2 rings (SSSR count). The molecule has 0 N–H and O–H groups in total. The minimum absolute atomic E-state index is 0.111. The summed E-state index contributed by atoms with van der Waals surface area (Å²) in [7, 11) is -3.38. The summed E-state index contributed by atoms with van der Waals surface area (Å²) in [6, 6.07) is 15.8. The van der Waals surface area contributed by atoms with Crippen molar-refractivity contribution in [2.75, 3.05) is 5.75 Å². The van der Waals surface area contributed by atoms with Crippen molar-refractivity contribution in [2.45, 2.75) is 10.3 Å². The van der Waals surface area contributed by atoms with Crippen LogP contribution in [0.5, 0.6) is 0 Å². The van der Waals surface area contributed by atoms with Crippen molar-refractivity contribution in [2.24, 2.45) is 0 Å². The van der Waals surface area contributed by atoms with Gasteiger partial charge in [-0.3, -0.25) is 0 Å². The highest BCUT2D eigenvalue weighted by molar-refractivity contribution is 9.10. The lowest BCUT2D eigenvalue weighted by atomic mass is 10.2. The molecule has 0 aliphatic heterocycles. The van der Waals surface area contributed by atoms with Crippen LogP contribution >= 0.6 is 27.5 Å². The summed E-state index contributed by atoms with van der Waals surface area (Å²) >= 11 is 9.46. The van der Waals surface area contributed by atoms with Crippen molar-refractivity contribution in [3.8, 4) is 0 Å². The van der Waals surface area contributed by atoms with E-state index in [9.17, 15) is 8.42 Å². The molecule has 0 aliphatic carbocycles. The van der Waals surface area contributed by atoms with Crippen molar-refractivity contribution in [3.05, 3.63) is 64.6 Å². The third-order valence-electron chi connectivity index (χ3n) is 2.70. The molecule has 1 atom stereocenters. The second-order valence-corrected chi connectivity index (χ2v) is 7.59. The highest BCUT2D eigenvalue weighted by atomic mass is 79.9. The SMILES string of the molecule is O=S(=O)(C[C@@H](Cl)c1ccccc1)c1ccc(Br)cc1. The Labute approximate surface area is 126 Å². The fourth-order valence-electron chi connectivity index (χ4n) is 1.69. The summed E-state index contributed by atoms with van der Waals surface area (Å²) in [6.45, 7) is 0. The van der Waals surface area contributed by atoms with Crippen LogP contribution in [0.3, 0.4) is 0 Å².